The summed E-state index contributed by atoms with van der Waals surface area (Å²) in [6, 6.07) is 5.02. The molecule has 88 valence electrons. The van der Waals surface area contributed by atoms with Crippen molar-refractivity contribution in [1.29, 1.82) is 0 Å². The van der Waals surface area contributed by atoms with Crippen molar-refractivity contribution in [2.45, 2.75) is 6.18 Å². The Bertz CT molecular complexity index is 377. The molecule has 1 aromatic rings. The van der Waals surface area contributed by atoms with Gasteiger partial charge in [-0.15, -0.1) is 0 Å². The molecule has 0 aliphatic carbocycles. The molecule has 1 aromatic carbocycles. The SMILES string of the molecule is CNC(=O)CNc1ccccc1C(F)(F)F. The first kappa shape index (κ1) is 12.4. The fourth-order valence-corrected chi connectivity index (χ4v) is 1.15. The van der Waals surface area contributed by atoms with Gasteiger partial charge in [0.15, 0.2) is 0 Å². The van der Waals surface area contributed by atoms with Gasteiger partial charge in [-0.2, -0.15) is 13.2 Å². The van der Waals surface area contributed by atoms with Crippen molar-refractivity contribution in [3.8, 4) is 0 Å². The molecule has 1 amide bonds. The highest BCUT2D eigenvalue weighted by molar-refractivity contribution is 5.80. The second kappa shape index (κ2) is 4.87. The Morgan fingerprint density at radius 1 is 1.31 bits per heavy atom. The summed E-state index contributed by atoms with van der Waals surface area (Å²) < 4.78 is 37.5. The lowest BCUT2D eigenvalue weighted by atomic mass is 10.1. The first-order valence-electron chi connectivity index (χ1n) is 4.56. The number of halogens is 3. The van der Waals surface area contributed by atoms with Gasteiger partial charge < -0.3 is 10.6 Å². The van der Waals surface area contributed by atoms with Gasteiger partial charge in [-0.1, -0.05) is 12.1 Å². The van der Waals surface area contributed by atoms with Gasteiger partial charge in [0.1, 0.15) is 0 Å². The average Bonchev–Trinajstić information content (AvgIpc) is 2.25. The molecule has 6 heteroatoms. The fraction of sp³-hybridized carbons (Fsp3) is 0.300. The normalized spacial score (nSPS) is 11.0. The number of benzene rings is 1. The first-order chi connectivity index (χ1) is 7.45. The number of para-hydroxylation sites is 1. The van der Waals surface area contributed by atoms with E-state index in [4.69, 9.17) is 0 Å². The lowest BCUT2D eigenvalue weighted by Crippen LogP contribution is -2.26. The van der Waals surface area contributed by atoms with Crippen LogP contribution in [0.3, 0.4) is 0 Å². The smallest absolute Gasteiger partial charge is 0.376 e. The predicted octanol–water partition coefficient (Wildman–Crippen LogP) is 1.86. The maximum atomic E-state index is 12.5. The Hall–Kier alpha value is -1.72. The molecule has 0 radical (unpaired) electrons. The number of hydrogen-bond donors (Lipinski definition) is 2. The largest absolute Gasteiger partial charge is 0.418 e. The van der Waals surface area contributed by atoms with Gasteiger partial charge in [0.05, 0.1) is 12.1 Å². The standard InChI is InChI=1S/C10H11F3N2O/c1-14-9(16)6-15-8-5-3-2-4-7(8)10(11,12)13/h2-5,15H,6H2,1H3,(H,14,16). The van der Waals surface area contributed by atoms with Crippen molar-refractivity contribution >= 4 is 11.6 Å². The van der Waals surface area contributed by atoms with Gasteiger partial charge in [0.25, 0.3) is 0 Å². The Morgan fingerprint density at radius 2 is 1.94 bits per heavy atom. The van der Waals surface area contributed by atoms with Crippen LogP contribution in [0.25, 0.3) is 0 Å². The first-order valence-corrected chi connectivity index (χ1v) is 4.56. The molecule has 0 saturated carbocycles. The summed E-state index contributed by atoms with van der Waals surface area (Å²) >= 11 is 0. The number of anilines is 1. The third-order valence-corrected chi connectivity index (χ3v) is 1.95. The van der Waals surface area contributed by atoms with Crippen LogP contribution in [0.1, 0.15) is 5.56 Å². The summed E-state index contributed by atoms with van der Waals surface area (Å²) in [5, 5.41) is 4.75. The molecule has 0 aromatic heterocycles. The van der Waals surface area contributed by atoms with E-state index < -0.39 is 11.7 Å². The minimum absolute atomic E-state index is 0.0985. The van der Waals surface area contributed by atoms with Crippen molar-refractivity contribution in [3.05, 3.63) is 29.8 Å². The molecule has 3 nitrogen and oxygen atoms in total. The second-order valence-electron chi connectivity index (χ2n) is 3.07. The van der Waals surface area contributed by atoms with Crippen molar-refractivity contribution in [1.82, 2.24) is 5.32 Å². The zero-order valence-corrected chi connectivity index (χ0v) is 8.56. The molecule has 0 aliphatic rings. The van der Waals surface area contributed by atoms with Gasteiger partial charge in [-0.05, 0) is 12.1 Å². The minimum atomic E-state index is -4.42. The van der Waals surface area contributed by atoms with Crippen LogP contribution in [0, 0.1) is 0 Å². The van der Waals surface area contributed by atoms with Gasteiger partial charge in [-0.25, -0.2) is 0 Å². The number of hydrogen-bond acceptors (Lipinski definition) is 2. The fourth-order valence-electron chi connectivity index (χ4n) is 1.15. The summed E-state index contributed by atoms with van der Waals surface area (Å²) in [4.78, 5) is 10.9. The minimum Gasteiger partial charge on any atom is -0.376 e. The van der Waals surface area contributed by atoms with Gasteiger partial charge in [0, 0.05) is 12.7 Å². The summed E-state index contributed by atoms with van der Waals surface area (Å²) in [6.07, 6.45) is -4.42. The Morgan fingerprint density at radius 3 is 2.50 bits per heavy atom. The zero-order chi connectivity index (χ0) is 12.2. The molecule has 0 bridgehead atoms. The van der Waals surface area contributed by atoms with Crippen molar-refractivity contribution in [2.75, 3.05) is 18.9 Å². The van der Waals surface area contributed by atoms with Gasteiger partial charge in [-0.3, -0.25) is 4.79 Å². The third kappa shape index (κ3) is 3.15. The number of likely N-dealkylation sites (N-methyl/N-ethyl adjacent to an activating group) is 1. The number of amides is 1. The average molecular weight is 232 g/mol. The van der Waals surface area contributed by atoms with Crippen LogP contribution in [-0.4, -0.2) is 19.5 Å². The van der Waals surface area contributed by atoms with Crippen LogP contribution in [0.4, 0.5) is 18.9 Å². The maximum absolute atomic E-state index is 12.5. The van der Waals surface area contributed by atoms with Crippen LogP contribution >= 0.6 is 0 Å². The molecule has 16 heavy (non-hydrogen) atoms. The van der Waals surface area contributed by atoms with E-state index in [0.717, 1.165) is 6.07 Å². The highest BCUT2D eigenvalue weighted by Gasteiger charge is 2.33. The number of alkyl halides is 3. The van der Waals surface area contributed by atoms with E-state index in [1.54, 1.807) is 0 Å². The van der Waals surface area contributed by atoms with Gasteiger partial charge in [0.2, 0.25) is 5.91 Å². The van der Waals surface area contributed by atoms with Crippen LogP contribution in [0.2, 0.25) is 0 Å². The Balaban J connectivity index is 2.84. The monoisotopic (exact) mass is 232 g/mol. The van der Waals surface area contributed by atoms with Crippen LogP contribution in [0.15, 0.2) is 24.3 Å². The highest BCUT2D eigenvalue weighted by atomic mass is 19.4. The van der Waals surface area contributed by atoms with Crippen LogP contribution in [0.5, 0.6) is 0 Å². The molecule has 0 heterocycles. The summed E-state index contributed by atoms with van der Waals surface area (Å²) in [5.74, 6) is -0.378. The number of nitrogens with one attached hydrogen (secondary N) is 2. The van der Waals surface area contributed by atoms with Crippen LogP contribution in [-0.2, 0) is 11.0 Å². The zero-order valence-electron chi connectivity index (χ0n) is 8.56. The topological polar surface area (TPSA) is 41.1 Å². The highest BCUT2D eigenvalue weighted by Crippen LogP contribution is 2.34. The summed E-state index contributed by atoms with van der Waals surface area (Å²) in [6.45, 7) is -0.191. The second-order valence-corrected chi connectivity index (χ2v) is 3.07. The number of carbonyl (C=O) groups is 1. The molecular formula is C10H11F3N2O. The van der Waals surface area contributed by atoms with Crippen molar-refractivity contribution < 1.29 is 18.0 Å². The van der Waals surface area contributed by atoms with Crippen molar-refractivity contribution in [3.63, 3.8) is 0 Å². The lowest BCUT2D eigenvalue weighted by molar-refractivity contribution is -0.137. The predicted molar refractivity (Wildman–Crippen MR) is 54.0 cm³/mol. The van der Waals surface area contributed by atoms with E-state index in [0.29, 0.717) is 0 Å². The maximum Gasteiger partial charge on any atom is 0.418 e. The third-order valence-electron chi connectivity index (χ3n) is 1.95. The summed E-state index contributed by atoms with van der Waals surface area (Å²) in [7, 11) is 1.42. The number of carbonyl (C=O) groups excluding carboxylic acids is 1. The van der Waals surface area contributed by atoms with Crippen LogP contribution < -0.4 is 10.6 Å². The molecule has 0 aliphatic heterocycles. The molecule has 0 saturated heterocycles. The van der Waals surface area contributed by atoms with E-state index in [1.165, 1.54) is 25.2 Å². The quantitative estimate of drug-likeness (QED) is 0.835. The Kier molecular flexibility index (Phi) is 3.76. The van der Waals surface area contributed by atoms with E-state index in [-0.39, 0.29) is 18.1 Å². The van der Waals surface area contributed by atoms with E-state index in [9.17, 15) is 18.0 Å². The molecule has 1 rings (SSSR count). The van der Waals surface area contributed by atoms with E-state index in [1.807, 2.05) is 0 Å². The lowest BCUT2D eigenvalue weighted by Gasteiger charge is -2.13. The number of rotatable bonds is 3. The van der Waals surface area contributed by atoms with Crippen molar-refractivity contribution in [2.24, 2.45) is 0 Å². The molecule has 0 atom stereocenters. The molecule has 0 fully saturated rings. The molecule has 0 unspecified atom stereocenters. The molecule has 2 N–H and O–H groups in total. The molecular weight excluding hydrogens is 221 g/mol. The van der Waals surface area contributed by atoms with E-state index >= 15 is 0 Å². The molecule has 0 spiro atoms. The Labute approximate surface area is 90.6 Å². The van der Waals surface area contributed by atoms with Gasteiger partial charge >= 0.3 is 6.18 Å². The van der Waals surface area contributed by atoms with E-state index in [2.05, 4.69) is 10.6 Å². The summed E-state index contributed by atoms with van der Waals surface area (Å²) in [5.41, 5.74) is -0.877.